The van der Waals surface area contributed by atoms with Crippen molar-refractivity contribution >= 4 is 85.1 Å². The lowest BCUT2D eigenvalue weighted by Crippen LogP contribution is -2.71. The van der Waals surface area contributed by atoms with Gasteiger partial charge in [-0.15, -0.1) is 34.4 Å². The Bertz CT molecular complexity index is 4190. The van der Waals surface area contributed by atoms with Crippen LogP contribution in [0.3, 0.4) is 0 Å². The van der Waals surface area contributed by atoms with Gasteiger partial charge in [0, 0.05) is 33.9 Å². The Morgan fingerprint density at radius 1 is 0.659 bits per heavy atom. The normalized spacial score (nSPS) is 15.2. The largest absolute Gasteiger partial charge is 0.459 e. The summed E-state index contributed by atoms with van der Waals surface area (Å²) in [5.74, 6) is -1.76. The maximum absolute atomic E-state index is 15.7. The number of nitrogens with one attached hydrogen (secondary N) is 2. The summed E-state index contributed by atoms with van der Waals surface area (Å²) in [5, 5.41) is 15.1. The number of hydrogen-bond acceptors (Lipinski definition) is 14. The third-order valence-electron chi connectivity index (χ3n) is 15.4. The van der Waals surface area contributed by atoms with Crippen molar-refractivity contribution in [2.45, 2.75) is 32.9 Å². The molecule has 2 amide bonds. The predicted molar refractivity (Wildman–Crippen MR) is 350 cm³/mol. The first-order chi connectivity index (χ1) is 43.3. The van der Waals surface area contributed by atoms with Crippen LogP contribution in [0.15, 0.2) is 308 Å². The number of thiazole rings is 1. The molecule has 11 aromatic rings. The Balaban J connectivity index is 0.886. The highest BCUT2D eigenvalue weighted by Gasteiger charge is 2.55. The van der Waals surface area contributed by atoms with Crippen LogP contribution < -0.4 is 16.1 Å². The van der Waals surface area contributed by atoms with Crippen LogP contribution in [0.5, 0.6) is 0 Å². The Morgan fingerprint density at radius 3 is 1.66 bits per heavy atom. The summed E-state index contributed by atoms with van der Waals surface area (Å²) in [7, 11) is 0. The standard InChI is InChI=1S/C72H53N5O7S4/c78-58-45-60(88-59-41-43-82-65(58)59)85-44-42-50-46-86-68-62(67(80)77(68)63(50)69(81)83-64(48-25-9-1-10-26-48)49-27-11-2-12-28-49)74-66(79)61(76-84-72(54-35-19-6-20-36-54,55-37-21-7-22-38-55)56-39-23-8-24-40-56)57-47-87-70(73-57)75-71(51-29-13-3-14-30-51,52-31-15-4-16-32-52)53-33-17-5-18-34-53/h1-45,47,62,64,68H,46H2,(H,73,75)(H,74,79)/t62?,68-/m1/s1. The lowest BCUT2D eigenvalue weighted by molar-refractivity contribution is -0.154. The maximum atomic E-state index is 15.7. The van der Waals surface area contributed by atoms with Crippen molar-refractivity contribution in [1.82, 2.24) is 15.2 Å². The van der Waals surface area contributed by atoms with Crippen molar-refractivity contribution in [2.24, 2.45) is 5.16 Å². The number of allylic oxidation sites excluding steroid dienone is 1. The quantitative estimate of drug-likeness (QED) is 0.0187. The number of oxime groups is 1. The highest BCUT2D eigenvalue weighted by molar-refractivity contribution is 8.04. The first kappa shape index (κ1) is 57.2. The van der Waals surface area contributed by atoms with Gasteiger partial charge in [0.1, 0.15) is 28.3 Å². The number of fused-ring (bicyclic) bond motifs is 2. The van der Waals surface area contributed by atoms with Gasteiger partial charge in [-0.3, -0.25) is 19.3 Å². The number of nitrogens with zero attached hydrogens (tertiary/aromatic N) is 3. The van der Waals surface area contributed by atoms with E-state index in [0.29, 0.717) is 19.6 Å². The van der Waals surface area contributed by atoms with Crippen LogP contribution in [0.4, 0.5) is 5.13 Å². The van der Waals surface area contributed by atoms with Crippen molar-refractivity contribution in [3.63, 3.8) is 0 Å². The van der Waals surface area contributed by atoms with Gasteiger partial charge in [0.25, 0.3) is 11.8 Å². The smallest absolute Gasteiger partial charge is 0.356 e. The van der Waals surface area contributed by atoms with Crippen LogP contribution in [-0.4, -0.2) is 50.5 Å². The molecule has 12 nitrogen and oxygen atoms in total. The van der Waals surface area contributed by atoms with Crippen LogP contribution in [0.1, 0.15) is 56.3 Å². The Morgan fingerprint density at radius 2 is 1.15 bits per heavy atom. The van der Waals surface area contributed by atoms with Crippen molar-refractivity contribution in [3.05, 3.63) is 350 Å². The van der Waals surface area contributed by atoms with Gasteiger partial charge in [-0.25, -0.2) is 9.78 Å². The molecule has 2 N–H and O–H groups in total. The monoisotopic (exact) mass is 1230 g/mol. The number of carbonyl (C=O) groups excluding carboxylic acids is 3. The number of ether oxygens (including phenoxy) is 1. The zero-order chi connectivity index (χ0) is 59.9. The number of furan rings is 1. The molecule has 1 fully saturated rings. The van der Waals surface area contributed by atoms with Crippen molar-refractivity contribution in [3.8, 4) is 0 Å². The second kappa shape index (κ2) is 25.6. The lowest BCUT2D eigenvalue weighted by atomic mass is 9.77. The molecule has 88 heavy (non-hydrogen) atoms. The zero-order valence-corrected chi connectivity index (χ0v) is 50.1. The van der Waals surface area contributed by atoms with Crippen molar-refractivity contribution in [2.75, 3.05) is 11.1 Å². The van der Waals surface area contributed by atoms with Gasteiger partial charge in [0.2, 0.25) is 11.0 Å². The molecule has 16 heteroatoms. The van der Waals surface area contributed by atoms with Crippen LogP contribution >= 0.6 is 46.2 Å². The Hall–Kier alpha value is -9.84. The summed E-state index contributed by atoms with van der Waals surface area (Å²) in [6, 6.07) is 80.5. The fourth-order valence-electron chi connectivity index (χ4n) is 11.2. The molecule has 1 saturated heterocycles. The lowest BCUT2D eigenvalue weighted by Gasteiger charge is -2.49. The Labute approximate surface area is 523 Å². The van der Waals surface area contributed by atoms with Gasteiger partial charge >= 0.3 is 5.97 Å². The molecule has 13 rings (SSSR count). The summed E-state index contributed by atoms with van der Waals surface area (Å²) >= 11 is 5.39. The van der Waals surface area contributed by atoms with E-state index >= 15 is 14.4 Å². The molecule has 8 aromatic carbocycles. The minimum Gasteiger partial charge on any atom is -0.459 e. The summed E-state index contributed by atoms with van der Waals surface area (Å²) in [6.07, 6.45) is 2.43. The summed E-state index contributed by atoms with van der Waals surface area (Å²) in [5.41, 5.74) is 4.75. The molecule has 2 aliphatic rings. The van der Waals surface area contributed by atoms with E-state index in [0.717, 1.165) is 44.5 Å². The molecule has 0 aliphatic carbocycles. The van der Waals surface area contributed by atoms with Gasteiger partial charge in [0.05, 0.1) is 15.2 Å². The highest BCUT2D eigenvalue weighted by Crippen LogP contribution is 2.45. The first-order valence-corrected chi connectivity index (χ1v) is 31.9. The number of carbonyl (C=O) groups is 3. The van der Waals surface area contributed by atoms with Crippen LogP contribution in [0.2, 0.25) is 0 Å². The highest BCUT2D eigenvalue weighted by atomic mass is 32.2. The molecule has 2 aliphatic heterocycles. The van der Waals surface area contributed by atoms with E-state index in [1.165, 1.54) is 63.4 Å². The van der Waals surface area contributed by atoms with Gasteiger partial charge in [-0.05, 0) is 50.9 Å². The maximum Gasteiger partial charge on any atom is 0.356 e. The van der Waals surface area contributed by atoms with E-state index in [1.807, 2.05) is 206 Å². The molecule has 5 heterocycles. The van der Waals surface area contributed by atoms with Gasteiger partial charge in [-0.2, -0.15) is 0 Å². The fraction of sp³-hybridized carbons (Fsp3) is 0.0833. The number of hydrogen-bond donors (Lipinski definition) is 2. The molecule has 2 atom stereocenters. The van der Waals surface area contributed by atoms with Gasteiger partial charge in [0.15, 0.2) is 22.5 Å². The van der Waals surface area contributed by atoms with E-state index in [9.17, 15) is 4.79 Å². The first-order valence-electron chi connectivity index (χ1n) is 28.3. The number of esters is 1. The van der Waals surface area contributed by atoms with E-state index in [2.05, 4.69) is 47.0 Å². The van der Waals surface area contributed by atoms with Crippen LogP contribution in [0.25, 0.3) is 10.3 Å². The van der Waals surface area contributed by atoms with E-state index in [1.54, 1.807) is 22.9 Å². The van der Waals surface area contributed by atoms with Gasteiger partial charge in [-0.1, -0.05) is 260 Å². The number of anilines is 1. The summed E-state index contributed by atoms with van der Waals surface area (Å²) < 4.78 is 13.3. The second-order valence-corrected chi connectivity index (χ2v) is 24.9. The fourth-order valence-corrected chi connectivity index (χ4v) is 15.2. The molecule has 432 valence electrons. The molecule has 0 saturated carbocycles. The molecular weight excluding hydrogens is 1180 g/mol. The average molecular weight is 1230 g/mol. The minimum atomic E-state index is -1.40. The third-order valence-corrected chi connectivity index (χ3v) is 19.4. The van der Waals surface area contributed by atoms with E-state index in [4.69, 9.17) is 24.1 Å². The summed E-state index contributed by atoms with van der Waals surface area (Å²) in [4.78, 5) is 72.5. The SMILES string of the molecule is O=C(NC1C(=O)N2C(C(=O)OC(c3ccccc3)c3ccccc3)=C(C=CSc3cc(=O)c4occc4s3)CS[C@H]12)C(=NOC(c1ccccc1)(c1ccccc1)c1ccccc1)c1csc(NC(c2ccccc2)(c2ccccc2)c2ccccc2)n1. The zero-order valence-electron chi connectivity index (χ0n) is 46.8. The number of benzene rings is 8. The van der Waals surface area contributed by atoms with E-state index < -0.39 is 46.4 Å². The molecule has 0 radical (unpaired) electrons. The number of amides is 2. The molecule has 1 unspecified atom stereocenters. The molecule has 3 aromatic heterocycles. The number of thioether (sulfide) groups is 2. The third kappa shape index (κ3) is 11.3. The van der Waals surface area contributed by atoms with Crippen molar-refractivity contribution in [1.29, 1.82) is 0 Å². The average Bonchev–Trinajstić information content (AvgIpc) is 0.939. The van der Waals surface area contributed by atoms with Crippen molar-refractivity contribution < 1.29 is 28.4 Å². The second-order valence-electron chi connectivity index (χ2n) is 20.6. The number of aromatic nitrogens is 1. The number of rotatable bonds is 20. The molecule has 0 spiro atoms. The predicted octanol–water partition coefficient (Wildman–Crippen LogP) is 14.7. The van der Waals surface area contributed by atoms with Gasteiger partial charge < -0.3 is 24.6 Å². The van der Waals surface area contributed by atoms with Crippen LogP contribution in [0, 0.1) is 0 Å². The minimum absolute atomic E-state index is 0.0379. The number of β-lactam (4-membered cyclic amide) rings is 1. The van der Waals surface area contributed by atoms with Crippen LogP contribution in [-0.2, 0) is 35.1 Å². The van der Waals surface area contributed by atoms with E-state index in [-0.39, 0.29) is 33.9 Å². The topological polar surface area (TPSA) is 152 Å². The molecule has 0 bridgehead atoms. The Kier molecular flexibility index (Phi) is 16.7. The summed E-state index contributed by atoms with van der Waals surface area (Å²) in [6.45, 7) is 0. The molecular formula is C72H53N5O7S4.